The minimum atomic E-state index is -3.54. The number of fused-ring (bicyclic) bond motifs is 1. The molecule has 0 saturated carbocycles. The van der Waals surface area contributed by atoms with Crippen LogP contribution in [0.1, 0.15) is 28.4 Å². The maximum Gasteiger partial charge on any atom is 0.280 e. The lowest BCUT2D eigenvalue weighted by Gasteiger charge is -2.07. The zero-order valence-corrected chi connectivity index (χ0v) is 18.6. The first kappa shape index (κ1) is 21.4. The molecule has 8 heteroatoms. The van der Waals surface area contributed by atoms with Crippen molar-refractivity contribution in [2.75, 3.05) is 19.5 Å². The summed E-state index contributed by atoms with van der Waals surface area (Å²) >= 11 is 1.42. The Balaban J connectivity index is 2.19. The van der Waals surface area contributed by atoms with Crippen molar-refractivity contribution >= 4 is 37.3 Å². The van der Waals surface area contributed by atoms with Gasteiger partial charge in [-0.2, -0.15) is 4.99 Å². The van der Waals surface area contributed by atoms with E-state index >= 15 is 0 Å². The number of rotatable bonds is 6. The molecule has 154 valence electrons. The van der Waals surface area contributed by atoms with Crippen molar-refractivity contribution in [2.45, 2.75) is 32.2 Å². The number of benzene rings is 2. The lowest BCUT2D eigenvalue weighted by atomic mass is 10.1. The summed E-state index contributed by atoms with van der Waals surface area (Å²) in [5.74, 6) is -0.572. The van der Waals surface area contributed by atoms with Gasteiger partial charge in [-0.1, -0.05) is 29.5 Å². The molecule has 0 aliphatic heterocycles. The average molecular weight is 433 g/mol. The molecule has 0 fully saturated rings. The number of amides is 1. The summed E-state index contributed by atoms with van der Waals surface area (Å²) in [6, 6.07) is 10.3. The normalized spacial score (nSPS) is 12.6. The van der Waals surface area contributed by atoms with Crippen LogP contribution >= 0.6 is 11.3 Å². The molecule has 0 aliphatic carbocycles. The van der Waals surface area contributed by atoms with Gasteiger partial charge in [-0.3, -0.25) is 4.79 Å². The monoisotopic (exact) mass is 432 g/mol. The van der Waals surface area contributed by atoms with Crippen molar-refractivity contribution in [3.05, 3.63) is 57.9 Å². The molecule has 3 rings (SSSR count). The maximum atomic E-state index is 12.9. The van der Waals surface area contributed by atoms with Gasteiger partial charge < -0.3 is 9.30 Å². The smallest absolute Gasteiger partial charge is 0.280 e. The number of hydrogen-bond donors (Lipinski definition) is 0. The number of ether oxygens (including phenoxy) is 1. The Morgan fingerprint density at radius 1 is 1.21 bits per heavy atom. The molecule has 0 atom stereocenters. The number of sulfone groups is 1. The second-order valence-corrected chi connectivity index (χ2v) is 9.81. The van der Waals surface area contributed by atoms with E-state index in [1.165, 1.54) is 23.5 Å². The van der Waals surface area contributed by atoms with Gasteiger partial charge in [0.05, 0.1) is 27.3 Å². The summed E-state index contributed by atoms with van der Waals surface area (Å²) in [6.45, 7) is 7.65. The van der Waals surface area contributed by atoms with Crippen LogP contribution in [-0.2, 0) is 21.1 Å². The number of thiazole rings is 1. The molecule has 6 nitrogen and oxygen atoms in total. The van der Waals surface area contributed by atoms with E-state index in [0.29, 0.717) is 24.6 Å². The summed E-state index contributed by atoms with van der Waals surface area (Å²) in [5, 5.41) is 0. The fourth-order valence-corrected chi connectivity index (χ4v) is 5.21. The van der Waals surface area contributed by atoms with Crippen LogP contribution in [0.25, 0.3) is 10.2 Å². The fourth-order valence-electron chi connectivity index (χ4n) is 3.23. The molecule has 2 aromatic carbocycles. The molecular formula is C21H24N2O4S2. The van der Waals surface area contributed by atoms with Crippen LogP contribution in [0, 0.1) is 13.8 Å². The van der Waals surface area contributed by atoms with Gasteiger partial charge in [0, 0.05) is 19.4 Å². The Kier molecular flexibility index (Phi) is 6.36. The van der Waals surface area contributed by atoms with E-state index in [1.807, 2.05) is 25.3 Å². The summed E-state index contributed by atoms with van der Waals surface area (Å²) in [6.07, 6.45) is 1.09. The Labute approximate surface area is 174 Å². The third kappa shape index (κ3) is 4.66. The lowest BCUT2D eigenvalue weighted by molar-refractivity contribution is 0.0993. The Morgan fingerprint density at radius 2 is 1.93 bits per heavy atom. The van der Waals surface area contributed by atoms with Crippen molar-refractivity contribution in [1.82, 2.24) is 4.57 Å². The highest BCUT2D eigenvalue weighted by Gasteiger charge is 2.18. The van der Waals surface area contributed by atoms with E-state index in [4.69, 9.17) is 4.74 Å². The lowest BCUT2D eigenvalue weighted by Crippen LogP contribution is -2.20. The standard InChI is InChI=1S/C21H24N2O4S2/c1-5-27-11-10-23-17-13-14(2)12-15(3)19(17)28-21(23)22-20(24)16-8-6-7-9-18(16)29(4,25)26/h6-9,12-13H,5,10-11H2,1-4H3. The van der Waals surface area contributed by atoms with E-state index in [0.717, 1.165) is 27.6 Å². The van der Waals surface area contributed by atoms with Crippen LogP contribution in [0.15, 0.2) is 46.3 Å². The quantitative estimate of drug-likeness (QED) is 0.559. The topological polar surface area (TPSA) is 77.7 Å². The van der Waals surface area contributed by atoms with Crippen molar-refractivity contribution in [1.29, 1.82) is 0 Å². The molecule has 0 unspecified atom stereocenters. The molecule has 0 bridgehead atoms. The van der Waals surface area contributed by atoms with Crippen LogP contribution in [0.5, 0.6) is 0 Å². The predicted octanol–water partition coefficient (Wildman–Crippen LogP) is 3.50. The first-order chi connectivity index (χ1) is 13.7. The molecule has 29 heavy (non-hydrogen) atoms. The third-order valence-electron chi connectivity index (χ3n) is 4.49. The Bertz CT molecular complexity index is 1240. The van der Waals surface area contributed by atoms with Crippen molar-refractivity contribution in [3.8, 4) is 0 Å². The number of carbonyl (C=O) groups excluding carboxylic acids is 1. The highest BCUT2D eigenvalue weighted by molar-refractivity contribution is 7.90. The minimum absolute atomic E-state index is 0.0113. The highest BCUT2D eigenvalue weighted by atomic mass is 32.2. The van der Waals surface area contributed by atoms with Gasteiger partial charge in [0.2, 0.25) is 0 Å². The average Bonchev–Trinajstić information content (AvgIpc) is 2.99. The van der Waals surface area contributed by atoms with Crippen LogP contribution in [0.2, 0.25) is 0 Å². The van der Waals surface area contributed by atoms with E-state index < -0.39 is 15.7 Å². The van der Waals surface area contributed by atoms with Gasteiger partial charge in [0.1, 0.15) is 0 Å². The predicted molar refractivity (Wildman–Crippen MR) is 115 cm³/mol. The second-order valence-electron chi connectivity index (χ2n) is 6.85. The van der Waals surface area contributed by atoms with Gasteiger partial charge in [-0.05, 0) is 50.1 Å². The van der Waals surface area contributed by atoms with Gasteiger partial charge in [-0.25, -0.2) is 8.42 Å². The van der Waals surface area contributed by atoms with Gasteiger partial charge in [0.25, 0.3) is 5.91 Å². The van der Waals surface area contributed by atoms with E-state index in [2.05, 4.69) is 17.1 Å². The number of nitrogens with zero attached hydrogens (tertiary/aromatic N) is 2. The number of carbonyl (C=O) groups is 1. The Hall–Kier alpha value is -2.29. The molecule has 1 aromatic heterocycles. The third-order valence-corrected chi connectivity index (χ3v) is 6.88. The van der Waals surface area contributed by atoms with Crippen LogP contribution in [0.4, 0.5) is 0 Å². The molecule has 1 amide bonds. The summed E-state index contributed by atoms with van der Waals surface area (Å²) < 4.78 is 32.6. The van der Waals surface area contributed by atoms with E-state index in [9.17, 15) is 13.2 Å². The molecule has 1 heterocycles. The van der Waals surface area contributed by atoms with Crippen molar-refractivity contribution in [2.24, 2.45) is 4.99 Å². The maximum absolute atomic E-state index is 12.9. The minimum Gasteiger partial charge on any atom is -0.380 e. The second kappa shape index (κ2) is 8.61. The first-order valence-corrected chi connectivity index (χ1v) is 12.0. The van der Waals surface area contributed by atoms with Crippen LogP contribution < -0.4 is 4.80 Å². The molecular weight excluding hydrogens is 408 g/mol. The Morgan fingerprint density at radius 3 is 2.62 bits per heavy atom. The van der Waals surface area contributed by atoms with Gasteiger partial charge in [0.15, 0.2) is 14.6 Å². The van der Waals surface area contributed by atoms with E-state index in [1.54, 1.807) is 12.1 Å². The summed E-state index contributed by atoms with van der Waals surface area (Å²) in [7, 11) is -3.54. The highest BCUT2D eigenvalue weighted by Crippen LogP contribution is 2.24. The van der Waals surface area contributed by atoms with Crippen molar-refractivity contribution in [3.63, 3.8) is 0 Å². The number of aryl methyl sites for hydroxylation is 2. The van der Waals surface area contributed by atoms with Gasteiger partial charge in [-0.15, -0.1) is 0 Å². The molecule has 0 N–H and O–H groups in total. The summed E-state index contributed by atoms with van der Waals surface area (Å²) in [5.41, 5.74) is 3.31. The summed E-state index contributed by atoms with van der Waals surface area (Å²) in [4.78, 5) is 17.8. The van der Waals surface area contributed by atoms with Gasteiger partial charge >= 0.3 is 0 Å². The largest absolute Gasteiger partial charge is 0.380 e. The molecule has 0 spiro atoms. The van der Waals surface area contributed by atoms with Crippen molar-refractivity contribution < 1.29 is 17.9 Å². The van der Waals surface area contributed by atoms with Crippen LogP contribution in [-0.4, -0.2) is 38.4 Å². The zero-order chi connectivity index (χ0) is 21.2. The molecule has 0 saturated heterocycles. The van der Waals surface area contributed by atoms with Crippen LogP contribution in [0.3, 0.4) is 0 Å². The first-order valence-electron chi connectivity index (χ1n) is 9.29. The number of aromatic nitrogens is 1. The molecule has 0 aliphatic rings. The molecule has 0 radical (unpaired) electrons. The fraction of sp³-hybridized carbons (Fsp3) is 0.333. The SMILES string of the molecule is CCOCCn1c(=NC(=O)c2ccccc2S(C)(=O)=O)sc2c(C)cc(C)cc21. The zero-order valence-electron chi connectivity index (χ0n) is 16.9. The molecule has 3 aromatic rings. The number of hydrogen-bond acceptors (Lipinski definition) is 5. The van der Waals surface area contributed by atoms with E-state index in [-0.39, 0.29) is 10.5 Å².